The summed E-state index contributed by atoms with van der Waals surface area (Å²) in [7, 11) is 0. The van der Waals surface area contributed by atoms with Gasteiger partial charge in [0.2, 0.25) is 0 Å². The maximum absolute atomic E-state index is 11.3. The Bertz CT molecular complexity index is 263. The lowest BCUT2D eigenvalue weighted by Crippen LogP contribution is -2.54. The van der Waals surface area contributed by atoms with Crippen molar-refractivity contribution in [1.82, 2.24) is 10.8 Å². The highest BCUT2D eigenvalue weighted by Crippen LogP contribution is 2.17. The molecule has 0 radical (unpaired) electrons. The molecular weight excluding hydrogens is 216 g/mol. The van der Waals surface area contributed by atoms with Crippen LogP contribution in [-0.4, -0.2) is 42.5 Å². The first-order valence-corrected chi connectivity index (χ1v) is 5.01. The summed E-state index contributed by atoms with van der Waals surface area (Å²) in [4.78, 5) is 25.9. The van der Waals surface area contributed by atoms with Crippen LogP contribution in [0.15, 0.2) is 0 Å². The standard InChI is InChI=1S/C9H16N2O5/c1-9(3-2-4-15-6-9)10-8(14)11-16-5-7(12)13/h2-6H2,1H3,(H,12,13)(H2,10,11,14). The Hall–Kier alpha value is -1.34. The number of carboxylic acid groups (broad SMARTS) is 1. The lowest BCUT2D eigenvalue weighted by molar-refractivity contribution is -0.144. The number of aliphatic carboxylic acids is 1. The minimum absolute atomic E-state index is 0.422. The van der Waals surface area contributed by atoms with Crippen molar-refractivity contribution in [1.29, 1.82) is 0 Å². The highest BCUT2D eigenvalue weighted by atomic mass is 16.7. The van der Waals surface area contributed by atoms with Crippen molar-refractivity contribution in [3.8, 4) is 0 Å². The van der Waals surface area contributed by atoms with Crippen LogP contribution in [0.5, 0.6) is 0 Å². The molecular formula is C9H16N2O5. The molecule has 92 valence electrons. The van der Waals surface area contributed by atoms with Crippen molar-refractivity contribution in [3.63, 3.8) is 0 Å². The summed E-state index contributed by atoms with van der Waals surface area (Å²) in [5.41, 5.74) is 1.58. The van der Waals surface area contributed by atoms with Crippen LogP contribution >= 0.6 is 0 Å². The summed E-state index contributed by atoms with van der Waals surface area (Å²) in [5.74, 6) is -1.15. The van der Waals surface area contributed by atoms with Gasteiger partial charge in [-0.05, 0) is 19.8 Å². The molecule has 0 aromatic heterocycles. The minimum atomic E-state index is -1.15. The molecule has 3 N–H and O–H groups in total. The van der Waals surface area contributed by atoms with Gasteiger partial charge in [-0.2, -0.15) is 0 Å². The third-order valence-corrected chi connectivity index (χ3v) is 2.21. The van der Waals surface area contributed by atoms with Crippen molar-refractivity contribution < 1.29 is 24.3 Å². The topological polar surface area (TPSA) is 96.9 Å². The number of carbonyl (C=O) groups excluding carboxylic acids is 1. The van der Waals surface area contributed by atoms with Crippen LogP contribution in [0.1, 0.15) is 19.8 Å². The van der Waals surface area contributed by atoms with Gasteiger partial charge >= 0.3 is 12.0 Å². The van der Waals surface area contributed by atoms with Gasteiger partial charge in [0.1, 0.15) is 0 Å². The van der Waals surface area contributed by atoms with Crippen LogP contribution in [0.4, 0.5) is 4.79 Å². The van der Waals surface area contributed by atoms with Crippen molar-refractivity contribution >= 4 is 12.0 Å². The Morgan fingerprint density at radius 2 is 2.31 bits per heavy atom. The first kappa shape index (κ1) is 12.7. The molecule has 1 atom stereocenters. The second-order valence-corrected chi connectivity index (χ2v) is 3.96. The fourth-order valence-corrected chi connectivity index (χ4v) is 1.50. The van der Waals surface area contributed by atoms with E-state index in [-0.39, 0.29) is 0 Å². The largest absolute Gasteiger partial charge is 0.479 e. The summed E-state index contributed by atoms with van der Waals surface area (Å²) >= 11 is 0. The third kappa shape index (κ3) is 4.45. The Labute approximate surface area is 93.1 Å². The Balaban J connectivity index is 2.24. The molecule has 1 aliphatic rings. The molecule has 1 unspecified atom stereocenters. The van der Waals surface area contributed by atoms with Crippen LogP contribution < -0.4 is 10.8 Å². The van der Waals surface area contributed by atoms with E-state index in [0.717, 1.165) is 12.8 Å². The van der Waals surface area contributed by atoms with E-state index in [1.54, 1.807) is 0 Å². The molecule has 0 aromatic carbocycles. The molecule has 1 rings (SSSR count). The van der Waals surface area contributed by atoms with Gasteiger partial charge in [0.05, 0.1) is 12.1 Å². The number of nitrogens with one attached hydrogen (secondary N) is 2. The normalized spacial score (nSPS) is 24.8. The molecule has 0 aromatic rings. The third-order valence-electron chi connectivity index (χ3n) is 2.21. The zero-order valence-corrected chi connectivity index (χ0v) is 9.12. The summed E-state index contributed by atoms with van der Waals surface area (Å²) in [5, 5.41) is 11.0. The summed E-state index contributed by atoms with van der Waals surface area (Å²) in [6, 6.07) is -0.561. The monoisotopic (exact) mass is 232 g/mol. The van der Waals surface area contributed by atoms with Crippen molar-refractivity contribution in [2.45, 2.75) is 25.3 Å². The van der Waals surface area contributed by atoms with E-state index in [2.05, 4.69) is 10.2 Å². The molecule has 2 amide bonds. The van der Waals surface area contributed by atoms with Gasteiger partial charge in [0, 0.05) is 6.61 Å². The van der Waals surface area contributed by atoms with Crippen LogP contribution in [0, 0.1) is 0 Å². The van der Waals surface area contributed by atoms with Gasteiger partial charge in [-0.1, -0.05) is 0 Å². The van der Waals surface area contributed by atoms with Crippen LogP contribution in [0.2, 0.25) is 0 Å². The summed E-state index contributed by atoms with van der Waals surface area (Å²) < 4.78 is 5.25. The van der Waals surface area contributed by atoms with Crippen molar-refractivity contribution in [3.05, 3.63) is 0 Å². The average Bonchev–Trinajstić information content (AvgIpc) is 2.17. The molecule has 7 heteroatoms. The molecule has 7 nitrogen and oxygen atoms in total. The number of hydroxylamine groups is 1. The molecule has 1 heterocycles. The minimum Gasteiger partial charge on any atom is -0.479 e. The van der Waals surface area contributed by atoms with Crippen LogP contribution in [0.3, 0.4) is 0 Å². The van der Waals surface area contributed by atoms with E-state index in [1.807, 2.05) is 12.4 Å². The molecule has 0 spiro atoms. The Morgan fingerprint density at radius 3 is 2.88 bits per heavy atom. The summed E-state index contributed by atoms with van der Waals surface area (Å²) in [6.07, 6.45) is 1.70. The highest BCUT2D eigenvalue weighted by Gasteiger charge is 2.29. The fourth-order valence-electron chi connectivity index (χ4n) is 1.50. The molecule has 0 saturated carbocycles. The molecule has 1 saturated heterocycles. The van der Waals surface area contributed by atoms with E-state index in [1.165, 1.54) is 0 Å². The quantitative estimate of drug-likeness (QED) is 0.587. The second-order valence-electron chi connectivity index (χ2n) is 3.96. The Morgan fingerprint density at radius 1 is 1.56 bits per heavy atom. The van der Waals surface area contributed by atoms with E-state index < -0.39 is 24.1 Å². The summed E-state index contributed by atoms with van der Waals surface area (Å²) in [6.45, 7) is 2.44. The lowest BCUT2D eigenvalue weighted by atomic mass is 9.95. The maximum atomic E-state index is 11.3. The number of carboxylic acids is 1. The fraction of sp³-hybridized carbons (Fsp3) is 0.778. The zero-order chi connectivity index (χ0) is 12.0. The van der Waals surface area contributed by atoms with Crippen LogP contribution in [0.25, 0.3) is 0 Å². The number of carbonyl (C=O) groups is 2. The molecule has 16 heavy (non-hydrogen) atoms. The second kappa shape index (κ2) is 5.66. The molecule has 1 aliphatic heterocycles. The van der Waals surface area contributed by atoms with Gasteiger partial charge in [-0.15, -0.1) is 0 Å². The number of ether oxygens (including phenoxy) is 1. The van der Waals surface area contributed by atoms with E-state index in [0.29, 0.717) is 13.2 Å². The van der Waals surface area contributed by atoms with Gasteiger partial charge in [0.25, 0.3) is 0 Å². The zero-order valence-electron chi connectivity index (χ0n) is 9.12. The van der Waals surface area contributed by atoms with Gasteiger partial charge in [0.15, 0.2) is 6.61 Å². The van der Waals surface area contributed by atoms with Gasteiger partial charge in [-0.3, -0.25) is 4.84 Å². The van der Waals surface area contributed by atoms with Gasteiger partial charge in [-0.25, -0.2) is 15.1 Å². The first-order valence-electron chi connectivity index (χ1n) is 5.01. The predicted molar refractivity (Wildman–Crippen MR) is 53.7 cm³/mol. The van der Waals surface area contributed by atoms with Crippen molar-refractivity contribution in [2.24, 2.45) is 0 Å². The number of amides is 2. The maximum Gasteiger partial charge on any atom is 0.339 e. The number of hydrogen-bond donors (Lipinski definition) is 3. The first-order chi connectivity index (χ1) is 7.52. The van der Waals surface area contributed by atoms with Crippen molar-refractivity contribution in [2.75, 3.05) is 19.8 Å². The number of urea groups is 1. The van der Waals surface area contributed by atoms with E-state index in [9.17, 15) is 9.59 Å². The Kier molecular flexibility index (Phi) is 4.51. The van der Waals surface area contributed by atoms with E-state index in [4.69, 9.17) is 9.84 Å². The molecule has 0 aliphatic carbocycles. The highest BCUT2D eigenvalue weighted by molar-refractivity contribution is 5.74. The van der Waals surface area contributed by atoms with Crippen LogP contribution in [-0.2, 0) is 14.4 Å². The number of hydrogen-bond acceptors (Lipinski definition) is 4. The molecule has 1 fully saturated rings. The smallest absolute Gasteiger partial charge is 0.339 e. The number of rotatable bonds is 4. The van der Waals surface area contributed by atoms with Gasteiger partial charge < -0.3 is 15.2 Å². The SMILES string of the molecule is CC1(NC(=O)NOCC(=O)O)CCCOC1. The lowest BCUT2D eigenvalue weighted by Gasteiger charge is -2.33. The van der Waals surface area contributed by atoms with E-state index >= 15 is 0 Å². The average molecular weight is 232 g/mol. The predicted octanol–water partition coefficient (Wildman–Crippen LogP) is -0.129. The molecule has 0 bridgehead atoms.